The lowest BCUT2D eigenvalue weighted by Gasteiger charge is -2.05. The minimum Gasteiger partial charge on any atom is -0.463 e. The summed E-state index contributed by atoms with van der Waals surface area (Å²) in [6.45, 7) is 3.80. The number of aliphatic hydroxyl groups is 1. The summed E-state index contributed by atoms with van der Waals surface area (Å²) in [5, 5.41) is 8.80. The number of esters is 1. The fraction of sp³-hybridized carbons (Fsp3) is 0.889. The van der Waals surface area contributed by atoms with Crippen molar-refractivity contribution in [3.8, 4) is 0 Å². The highest BCUT2D eigenvalue weighted by Gasteiger charge is 2.03. The fourth-order valence-corrected chi connectivity index (χ4v) is 0.805. The van der Waals surface area contributed by atoms with Crippen molar-refractivity contribution in [3.63, 3.8) is 0 Å². The van der Waals surface area contributed by atoms with Gasteiger partial charge in [-0.25, -0.2) is 0 Å². The Bertz CT molecular complexity index is 121. The van der Waals surface area contributed by atoms with E-state index in [4.69, 9.17) is 9.84 Å². The molecule has 0 aromatic heterocycles. The van der Waals surface area contributed by atoms with Crippen molar-refractivity contribution in [3.05, 3.63) is 0 Å². The van der Waals surface area contributed by atoms with Crippen LogP contribution in [-0.4, -0.2) is 23.8 Å². The topological polar surface area (TPSA) is 46.5 Å². The van der Waals surface area contributed by atoms with Gasteiger partial charge in [0, 0.05) is 6.42 Å². The lowest BCUT2D eigenvalue weighted by molar-refractivity contribution is -0.146. The molecule has 0 radical (unpaired) electrons. The highest BCUT2D eigenvalue weighted by Crippen LogP contribution is 2.00. The van der Waals surface area contributed by atoms with E-state index in [9.17, 15) is 4.79 Å². The Kier molecular flexibility index (Phi) is 6.76. The molecule has 0 fully saturated rings. The van der Waals surface area contributed by atoms with E-state index in [1.54, 1.807) is 6.92 Å². The maximum absolute atomic E-state index is 10.9. The molecule has 1 unspecified atom stereocenters. The first-order valence-electron chi connectivity index (χ1n) is 4.50. The zero-order valence-electron chi connectivity index (χ0n) is 7.88. The van der Waals surface area contributed by atoms with Gasteiger partial charge in [-0.1, -0.05) is 19.8 Å². The van der Waals surface area contributed by atoms with Crippen LogP contribution in [0.2, 0.25) is 0 Å². The third kappa shape index (κ3) is 7.54. The maximum atomic E-state index is 10.9. The van der Waals surface area contributed by atoms with Crippen LogP contribution >= 0.6 is 0 Å². The van der Waals surface area contributed by atoms with E-state index < -0.39 is 6.10 Å². The summed E-state index contributed by atoms with van der Waals surface area (Å²) < 4.78 is 4.76. The van der Waals surface area contributed by atoms with Crippen LogP contribution in [0.5, 0.6) is 0 Å². The van der Waals surface area contributed by atoms with E-state index in [2.05, 4.69) is 6.92 Å². The van der Waals surface area contributed by atoms with Crippen LogP contribution in [0.4, 0.5) is 0 Å². The molecule has 0 heterocycles. The summed E-state index contributed by atoms with van der Waals surface area (Å²) >= 11 is 0. The third-order valence-electron chi connectivity index (χ3n) is 1.47. The normalized spacial score (nSPS) is 12.6. The number of rotatable bonds is 6. The Morgan fingerprint density at radius 3 is 2.67 bits per heavy atom. The van der Waals surface area contributed by atoms with Crippen LogP contribution in [0, 0.1) is 0 Å². The first-order valence-corrected chi connectivity index (χ1v) is 4.50. The predicted octanol–water partition coefficient (Wildman–Crippen LogP) is 1.49. The molecule has 0 aliphatic carbocycles. The largest absolute Gasteiger partial charge is 0.463 e. The minimum absolute atomic E-state index is 0.116. The maximum Gasteiger partial charge on any atom is 0.305 e. The molecule has 3 heteroatoms. The Hall–Kier alpha value is -0.570. The number of hydrogen-bond donors (Lipinski definition) is 1. The van der Waals surface area contributed by atoms with Gasteiger partial charge in [0.2, 0.25) is 0 Å². The van der Waals surface area contributed by atoms with Gasteiger partial charge < -0.3 is 9.84 Å². The zero-order valence-corrected chi connectivity index (χ0v) is 7.88. The average Bonchev–Trinajstić information content (AvgIpc) is 2.01. The lowest BCUT2D eigenvalue weighted by atomic mass is 10.2. The van der Waals surface area contributed by atoms with E-state index in [0.29, 0.717) is 6.42 Å². The van der Waals surface area contributed by atoms with E-state index in [1.807, 2.05) is 0 Å². The number of hydrogen-bond acceptors (Lipinski definition) is 3. The van der Waals surface area contributed by atoms with Crippen molar-refractivity contribution in [2.45, 2.75) is 45.6 Å². The van der Waals surface area contributed by atoms with E-state index in [1.165, 1.54) is 0 Å². The van der Waals surface area contributed by atoms with Crippen molar-refractivity contribution in [1.82, 2.24) is 0 Å². The molecule has 0 amide bonds. The summed E-state index contributed by atoms with van der Waals surface area (Å²) in [5.74, 6) is -0.204. The first-order chi connectivity index (χ1) is 5.66. The van der Waals surface area contributed by atoms with Crippen LogP contribution in [0.1, 0.15) is 39.5 Å². The van der Waals surface area contributed by atoms with Gasteiger partial charge in [-0.05, 0) is 13.3 Å². The van der Waals surface area contributed by atoms with Gasteiger partial charge >= 0.3 is 5.97 Å². The Morgan fingerprint density at radius 2 is 2.17 bits per heavy atom. The molecule has 0 saturated heterocycles. The highest BCUT2D eigenvalue weighted by atomic mass is 16.5. The number of carbonyl (C=O) groups excluding carboxylic acids is 1. The van der Waals surface area contributed by atoms with Gasteiger partial charge in [0.05, 0.1) is 6.10 Å². The first kappa shape index (κ1) is 11.4. The molecule has 0 aromatic carbocycles. The molecule has 0 bridgehead atoms. The van der Waals surface area contributed by atoms with Crippen LogP contribution in [0.3, 0.4) is 0 Å². The quantitative estimate of drug-likeness (QED) is 0.490. The molecule has 1 N–H and O–H groups in total. The molecular weight excluding hydrogens is 156 g/mol. The SMILES string of the molecule is CCCCCC(=O)OCC(C)O. The monoisotopic (exact) mass is 174 g/mol. The van der Waals surface area contributed by atoms with Gasteiger partial charge in [0.1, 0.15) is 6.61 Å². The van der Waals surface area contributed by atoms with Crippen molar-refractivity contribution in [2.75, 3.05) is 6.61 Å². The van der Waals surface area contributed by atoms with Crippen molar-refractivity contribution >= 4 is 5.97 Å². The minimum atomic E-state index is -0.555. The predicted molar refractivity (Wildman–Crippen MR) is 46.8 cm³/mol. The van der Waals surface area contributed by atoms with Crippen molar-refractivity contribution in [1.29, 1.82) is 0 Å². The summed E-state index contributed by atoms with van der Waals surface area (Å²) in [6.07, 6.45) is 2.96. The van der Waals surface area contributed by atoms with E-state index >= 15 is 0 Å². The number of carbonyl (C=O) groups is 1. The van der Waals surface area contributed by atoms with Crippen LogP contribution in [-0.2, 0) is 9.53 Å². The smallest absolute Gasteiger partial charge is 0.305 e. The van der Waals surface area contributed by atoms with Gasteiger partial charge in [0.25, 0.3) is 0 Å². The lowest BCUT2D eigenvalue weighted by Crippen LogP contribution is -2.14. The van der Waals surface area contributed by atoms with Gasteiger partial charge in [0.15, 0.2) is 0 Å². The second kappa shape index (κ2) is 7.10. The molecule has 72 valence electrons. The van der Waals surface area contributed by atoms with Crippen LogP contribution in [0.15, 0.2) is 0 Å². The van der Waals surface area contributed by atoms with Crippen molar-refractivity contribution in [2.24, 2.45) is 0 Å². The second-order valence-corrected chi connectivity index (χ2v) is 2.99. The molecular formula is C9H18O3. The van der Waals surface area contributed by atoms with Crippen molar-refractivity contribution < 1.29 is 14.6 Å². The molecule has 0 saturated carbocycles. The van der Waals surface area contributed by atoms with Gasteiger partial charge in [-0.2, -0.15) is 0 Å². The molecule has 0 spiro atoms. The zero-order chi connectivity index (χ0) is 9.40. The highest BCUT2D eigenvalue weighted by molar-refractivity contribution is 5.69. The third-order valence-corrected chi connectivity index (χ3v) is 1.47. The molecule has 1 atom stereocenters. The van der Waals surface area contributed by atoms with E-state index in [-0.39, 0.29) is 12.6 Å². The summed E-state index contributed by atoms with van der Waals surface area (Å²) in [6, 6.07) is 0. The summed E-state index contributed by atoms with van der Waals surface area (Å²) in [4.78, 5) is 10.9. The Morgan fingerprint density at radius 1 is 1.50 bits per heavy atom. The molecule has 12 heavy (non-hydrogen) atoms. The average molecular weight is 174 g/mol. The van der Waals surface area contributed by atoms with Gasteiger partial charge in [-0.15, -0.1) is 0 Å². The number of unbranched alkanes of at least 4 members (excludes halogenated alkanes) is 2. The Balaban J connectivity index is 3.22. The molecule has 0 aromatic rings. The summed E-state index contributed by atoms with van der Waals surface area (Å²) in [5.41, 5.74) is 0. The molecule has 0 rings (SSSR count). The Labute approximate surface area is 73.7 Å². The van der Waals surface area contributed by atoms with E-state index in [0.717, 1.165) is 19.3 Å². The molecule has 0 aliphatic rings. The van der Waals surface area contributed by atoms with Crippen LogP contribution < -0.4 is 0 Å². The van der Waals surface area contributed by atoms with Gasteiger partial charge in [-0.3, -0.25) is 4.79 Å². The second-order valence-electron chi connectivity index (χ2n) is 2.99. The molecule has 0 aliphatic heterocycles. The fourth-order valence-electron chi connectivity index (χ4n) is 0.805. The standard InChI is InChI=1S/C9H18O3/c1-3-4-5-6-9(11)12-7-8(2)10/h8,10H,3-7H2,1-2H3. The van der Waals surface area contributed by atoms with Crippen LogP contribution in [0.25, 0.3) is 0 Å². The summed E-state index contributed by atoms with van der Waals surface area (Å²) in [7, 11) is 0. The number of aliphatic hydroxyl groups excluding tert-OH is 1. The number of ether oxygens (including phenoxy) is 1. The molecule has 3 nitrogen and oxygen atoms in total.